The van der Waals surface area contributed by atoms with Gasteiger partial charge in [0.05, 0.1) is 10.6 Å². The van der Waals surface area contributed by atoms with Gasteiger partial charge in [-0.15, -0.1) is 0 Å². The lowest BCUT2D eigenvalue weighted by atomic mass is 10.1. The fourth-order valence-electron chi connectivity index (χ4n) is 1.83. The number of nitrogens with one attached hydrogen (secondary N) is 1. The largest absolute Gasteiger partial charge is 0.507 e. The van der Waals surface area contributed by atoms with Crippen LogP contribution in [0.4, 0.5) is 0 Å². The lowest BCUT2D eigenvalue weighted by molar-refractivity contribution is 0.474. The Morgan fingerprint density at radius 3 is 2.41 bits per heavy atom. The van der Waals surface area contributed by atoms with Gasteiger partial charge in [0.1, 0.15) is 5.75 Å². The Morgan fingerprint density at radius 2 is 1.82 bits per heavy atom. The highest BCUT2D eigenvalue weighted by atomic mass is 35.5. The monoisotopic (exact) mass is 338 g/mol. The SMILES string of the molecule is CC/C(=N/NS(=O)(=O)c1ccc(Cl)cc1)c1ccccc1O. The number of phenolic OH excluding ortho intramolecular Hbond substituents is 1. The molecule has 5 nitrogen and oxygen atoms in total. The van der Waals surface area contributed by atoms with Crippen molar-refractivity contribution in [3.8, 4) is 5.75 Å². The van der Waals surface area contributed by atoms with E-state index in [2.05, 4.69) is 9.93 Å². The van der Waals surface area contributed by atoms with E-state index in [1.165, 1.54) is 30.3 Å². The van der Waals surface area contributed by atoms with Gasteiger partial charge in [-0.1, -0.05) is 30.7 Å². The van der Waals surface area contributed by atoms with Crippen LogP contribution in [0.15, 0.2) is 58.5 Å². The van der Waals surface area contributed by atoms with Gasteiger partial charge in [0, 0.05) is 10.6 Å². The van der Waals surface area contributed by atoms with Crippen LogP contribution >= 0.6 is 11.6 Å². The van der Waals surface area contributed by atoms with Gasteiger partial charge in [-0.05, 0) is 42.8 Å². The first-order chi connectivity index (χ1) is 10.4. The summed E-state index contributed by atoms with van der Waals surface area (Å²) in [5, 5.41) is 14.2. The van der Waals surface area contributed by atoms with E-state index in [1.807, 2.05) is 6.92 Å². The maximum atomic E-state index is 12.2. The molecule has 2 N–H and O–H groups in total. The molecule has 0 radical (unpaired) electrons. The van der Waals surface area contributed by atoms with E-state index >= 15 is 0 Å². The summed E-state index contributed by atoms with van der Waals surface area (Å²) >= 11 is 5.74. The summed E-state index contributed by atoms with van der Waals surface area (Å²) in [6.45, 7) is 1.82. The van der Waals surface area contributed by atoms with Crippen LogP contribution in [0, 0.1) is 0 Å². The molecule has 0 saturated carbocycles. The molecule has 0 saturated heterocycles. The normalized spacial score (nSPS) is 12.2. The summed E-state index contributed by atoms with van der Waals surface area (Å²) in [6, 6.07) is 12.4. The molecule has 7 heteroatoms. The first-order valence-electron chi connectivity index (χ1n) is 6.56. The van der Waals surface area contributed by atoms with Crippen molar-refractivity contribution >= 4 is 27.3 Å². The van der Waals surface area contributed by atoms with Gasteiger partial charge in [-0.3, -0.25) is 0 Å². The molecule has 0 bridgehead atoms. The Hall–Kier alpha value is -2.05. The van der Waals surface area contributed by atoms with Crippen molar-refractivity contribution in [1.29, 1.82) is 0 Å². The van der Waals surface area contributed by atoms with Crippen molar-refractivity contribution in [2.75, 3.05) is 0 Å². The molecule has 0 unspecified atom stereocenters. The number of rotatable bonds is 5. The minimum Gasteiger partial charge on any atom is -0.507 e. The molecule has 0 amide bonds. The Morgan fingerprint density at radius 1 is 1.18 bits per heavy atom. The number of phenols is 1. The highest BCUT2D eigenvalue weighted by Crippen LogP contribution is 2.18. The summed E-state index contributed by atoms with van der Waals surface area (Å²) in [4.78, 5) is 2.24. The number of para-hydroxylation sites is 1. The third-order valence-electron chi connectivity index (χ3n) is 2.97. The lowest BCUT2D eigenvalue weighted by Crippen LogP contribution is -2.20. The number of sulfonamides is 1. The minimum atomic E-state index is -3.78. The van der Waals surface area contributed by atoms with Crippen LogP contribution in [0.1, 0.15) is 18.9 Å². The molecule has 2 aromatic rings. The van der Waals surface area contributed by atoms with Crippen molar-refractivity contribution in [1.82, 2.24) is 4.83 Å². The molecular weight excluding hydrogens is 324 g/mol. The number of aromatic hydroxyl groups is 1. The fourth-order valence-corrected chi connectivity index (χ4v) is 2.79. The maximum Gasteiger partial charge on any atom is 0.276 e. The highest BCUT2D eigenvalue weighted by molar-refractivity contribution is 7.89. The standard InChI is InChI=1S/C15H15ClN2O3S/c1-2-14(13-5-3-4-6-15(13)19)17-18-22(20,21)12-9-7-11(16)8-10-12/h3-10,18-19H,2H2,1H3/b17-14-. The van der Waals surface area contributed by atoms with Crippen LogP contribution in [0.3, 0.4) is 0 Å². The number of halogens is 1. The van der Waals surface area contributed by atoms with E-state index in [0.29, 0.717) is 22.7 Å². The molecule has 0 spiro atoms. The Bertz CT molecular complexity index is 787. The minimum absolute atomic E-state index is 0.0498. The van der Waals surface area contributed by atoms with Crippen molar-refractivity contribution < 1.29 is 13.5 Å². The predicted molar refractivity (Wildman–Crippen MR) is 86.7 cm³/mol. The van der Waals surface area contributed by atoms with Gasteiger partial charge in [0.15, 0.2) is 0 Å². The van der Waals surface area contributed by atoms with Crippen molar-refractivity contribution in [2.45, 2.75) is 18.2 Å². The molecule has 116 valence electrons. The molecule has 0 fully saturated rings. The molecule has 0 aliphatic heterocycles. The quantitative estimate of drug-likeness (QED) is 0.649. The van der Waals surface area contributed by atoms with Gasteiger partial charge in [0.25, 0.3) is 10.0 Å². The number of hydrogen-bond donors (Lipinski definition) is 2. The molecule has 0 aliphatic carbocycles. The predicted octanol–water partition coefficient (Wildman–Crippen LogP) is 3.14. The molecule has 0 atom stereocenters. The third-order valence-corrected chi connectivity index (χ3v) is 4.45. The molecule has 0 heterocycles. The van der Waals surface area contributed by atoms with Crippen LogP contribution in [0.25, 0.3) is 0 Å². The topological polar surface area (TPSA) is 78.8 Å². The maximum absolute atomic E-state index is 12.2. The molecule has 2 aromatic carbocycles. The van der Waals surface area contributed by atoms with E-state index in [-0.39, 0.29) is 10.6 Å². The number of benzene rings is 2. The molecule has 0 aliphatic rings. The zero-order valence-corrected chi connectivity index (χ0v) is 13.4. The van der Waals surface area contributed by atoms with Crippen LogP contribution < -0.4 is 4.83 Å². The zero-order valence-electron chi connectivity index (χ0n) is 11.8. The summed E-state index contributed by atoms with van der Waals surface area (Å²) in [5.41, 5.74) is 0.930. The second-order valence-corrected chi connectivity index (χ2v) is 6.58. The highest BCUT2D eigenvalue weighted by Gasteiger charge is 2.14. The summed E-state index contributed by atoms with van der Waals surface area (Å²) in [6.07, 6.45) is 0.459. The van der Waals surface area contributed by atoms with E-state index in [9.17, 15) is 13.5 Å². The van der Waals surface area contributed by atoms with E-state index < -0.39 is 10.0 Å². The first kappa shape index (κ1) is 16.3. The Labute approximate surface area is 134 Å². The van der Waals surface area contributed by atoms with Gasteiger partial charge in [-0.25, -0.2) is 0 Å². The third kappa shape index (κ3) is 3.78. The van der Waals surface area contributed by atoms with Crippen molar-refractivity contribution in [3.05, 3.63) is 59.1 Å². The summed E-state index contributed by atoms with van der Waals surface area (Å²) in [5.74, 6) is 0.0498. The van der Waals surface area contributed by atoms with Gasteiger partial charge < -0.3 is 5.11 Å². The molecule has 22 heavy (non-hydrogen) atoms. The van der Waals surface area contributed by atoms with E-state index in [4.69, 9.17) is 11.6 Å². The van der Waals surface area contributed by atoms with Crippen molar-refractivity contribution in [3.63, 3.8) is 0 Å². The van der Waals surface area contributed by atoms with Crippen LogP contribution in [0.5, 0.6) is 5.75 Å². The zero-order chi connectivity index (χ0) is 16.2. The lowest BCUT2D eigenvalue weighted by Gasteiger charge is -2.08. The van der Waals surface area contributed by atoms with E-state index in [0.717, 1.165) is 0 Å². The van der Waals surface area contributed by atoms with Crippen LogP contribution in [-0.4, -0.2) is 19.2 Å². The summed E-state index contributed by atoms with van der Waals surface area (Å²) in [7, 11) is -3.78. The number of nitrogens with zero attached hydrogens (tertiary/aromatic N) is 1. The second-order valence-electron chi connectivity index (χ2n) is 4.48. The molecular formula is C15H15ClN2O3S. The van der Waals surface area contributed by atoms with Crippen LogP contribution in [0.2, 0.25) is 5.02 Å². The average molecular weight is 339 g/mol. The van der Waals surface area contributed by atoms with Gasteiger partial charge >= 0.3 is 0 Å². The van der Waals surface area contributed by atoms with Crippen molar-refractivity contribution in [2.24, 2.45) is 5.10 Å². The first-order valence-corrected chi connectivity index (χ1v) is 8.42. The van der Waals surface area contributed by atoms with E-state index in [1.54, 1.807) is 18.2 Å². The molecule has 2 rings (SSSR count). The number of hydrogen-bond acceptors (Lipinski definition) is 4. The smallest absolute Gasteiger partial charge is 0.276 e. The van der Waals surface area contributed by atoms with Gasteiger partial charge in [-0.2, -0.15) is 18.4 Å². The average Bonchev–Trinajstić information content (AvgIpc) is 2.50. The second kappa shape index (κ2) is 6.81. The fraction of sp³-hybridized carbons (Fsp3) is 0.133. The van der Waals surface area contributed by atoms with Gasteiger partial charge in [0.2, 0.25) is 0 Å². The molecule has 0 aromatic heterocycles. The summed E-state index contributed by atoms with van der Waals surface area (Å²) < 4.78 is 24.3. The van der Waals surface area contributed by atoms with Crippen LogP contribution in [-0.2, 0) is 10.0 Å². The number of hydrazone groups is 1. The Balaban J connectivity index is 2.28. The Kier molecular flexibility index (Phi) is 5.05.